The Morgan fingerprint density at radius 2 is 1.03 bits per heavy atom. The van der Waals surface area contributed by atoms with E-state index >= 15 is 0 Å². The topological polar surface area (TPSA) is 23.4 Å². The summed E-state index contributed by atoms with van der Waals surface area (Å²) in [5.74, 6) is 1.82. The summed E-state index contributed by atoms with van der Waals surface area (Å²) >= 11 is 0. The highest BCUT2D eigenvalue weighted by Gasteiger charge is 2.28. The average Bonchev–Trinajstić information content (AvgIpc) is 3.00. The van der Waals surface area contributed by atoms with Crippen molar-refractivity contribution in [1.29, 1.82) is 0 Å². The minimum atomic E-state index is 0.698. The molecule has 2 aromatic carbocycles. The molecule has 1 aliphatic rings. The highest BCUT2D eigenvalue weighted by Crippen LogP contribution is 2.49. The lowest BCUT2D eigenvalue weighted by atomic mass is 10.1. The molecule has 0 saturated heterocycles. The van der Waals surface area contributed by atoms with Crippen molar-refractivity contribution in [3.8, 4) is 34.0 Å². The third kappa shape index (κ3) is 6.25. The van der Waals surface area contributed by atoms with E-state index in [1.165, 1.54) is 75.3 Å². The van der Waals surface area contributed by atoms with E-state index in [1.807, 2.05) is 0 Å². The zero-order chi connectivity index (χ0) is 23.4. The number of nitrogens with zero attached hydrogens (tertiary/aromatic N) is 1. The first kappa shape index (κ1) is 24.4. The van der Waals surface area contributed by atoms with Crippen LogP contribution in [0.5, 0.6) is 11.5 Å². The van der Waals surface area contributed by atoms with Crippen molar-refractivity contribution in [2.24, 2.45) is 0 Å². The monoisotopic (exact) mass is 459 g/mol. The molecule has 1 aliphatic heterocycles. The molecule has 0 amide bonds. The highest BCUT2D eigenvalue weighted by molar-refractivity contribution is 5.83. The van der Waals surface area contributed by atoms with Crippen molar-refractivity contribution < 1.29 is 9.47 Å². The van der Waals surface area contributed by atoms with E-state index in [1.54, 1.807) is 0 Å². The molecule has 0 spiro atoms. The zero-order valence-corrected chi connectivity index (χ0v) is 20.9. The first-order chi connectivity index (χ1) is 16.9. The van der Waals surface area contributed by atoms with Gasteiger partial charge in [-0.05, 0) is 6.42 Å². The van der Waals surface area contributed by atoms with Crippen LogP contribution >= 0.6 is 0 Å². The van der Waals surface area contributed by atoms with E-state index < -0.39 is 0 Å². The predicted molar refractivity (Wildman–Crippen MR) is 143 cm³/mol. The van der Waals surface area contributed by atoms with Crippen molar-refractivity contribution in [1.82, 2.24) is 4.57 Å². The lowest BCUT2D eigenvalue weighted by Crippen LogP contribution is -2.06. The smallest absolute Gasteiger partial charge is 0.187 e. The number of unbranched alkanes of at least 4 members (excludes halogenated alkanes) is 9. The van der Waals surface area contributed by atoms with Gasteiger partial charge >= 0.3 is 0 Å². The molecule has 0 N–H and O–H groups in total. The summed E-state index contributed by atoms with van der Waals surface area (Å²) in [5.41, 5.74) is 4.71. The van der Waals surface area contributed by atoms with Crippen molar-refractivity contribution in [3.63, 3.8) is 0 Å². The summed E-state index contributed by atoms with van der Waals surface area (Å²) in [6, 6.07) is 21.3. The van der Waals surface area contributed by atoms with E-state index in [0.717, 1.165) is 35.9 Å². The van der Waals surface area contributed by atoms with Crippen LogP contribution in [0.4, 0.5) is 0 Å². The van der Waals surface area contributed by atoms with Crippen LogP contribution in [0.25, 0.3) is 22.5 Å². The fourth-order valence-corrected chi connectivity index (χ4v) is 4.99. The maximum absolute atomic E-state index is 6.33. The maximum Gasteiger partial charge on any atom is 0.187 e. The standard InChI is InChI=1S/C31H41NO2/c1-2-3-4-5-6-7-8-9-10-17-23-32-28(26-19-13-11-14-20-26)30-31(34-25-18-24-33-30)29(32)27-21-15-12-16-22-27/h11-16,19-22H,2-10,17-18,23-25H2,1H3. The molecular formula is C31H41NO2. The van der Waals surface area contributed by atoms with E-state index in [9.17, 15) is 0 Å². The number of aromatic nitrogens is 1. The Kier molecular flexibility index (Phi) is 9.54. The maximum atomic E-state index is 6.33. The fourth-order valence-electron chi connectivity index (χ4n) is 4.99. The molecule has 0 aliphatic carbocycles. The van der Waals surface area contributed by atoms with Gasteiger partial charge in [0.15, 0.2) is 11.5 Å². The molecule has 0 bridgehead atoms. The van der Waals surface area contributed by atoms with Crippen molar-refractivity contribution in [2.45, 2.75) is 84.1 Å². The van der Waals surface area contributed by atoms with Crippen LogP contribution in [-0.4, -0.2) is 17.8 Å². The van der Waals surface area contributed by atoms with Crippen LogP contribution in [0.3, 0.4) is 0 Å². The van der Waals surface area contributed by atoms with Crippen LogP contribution < -0.4 is 9.47 Å². The normalized spacial score (nSPS) is 13.1. The molecule has 4 rings (SSSR count). The molecule has 34 heavy (non-hydrogen) atoms. The minimum Gasteiger partial charge on any atom is -0.487 e. The van der Waals surface area contributed by atoms with Crippen LogP contribution in [-0.2, 0) is 6.54 Å². The van der Waals surface area contributed by atoms with Gasteiger partial charge in [0, 0.05) is 24.1 Å². The van der Waals surface area contributed by atoms with Gasteiger partial charge in [0.05, 0.1) is 24.6 Å². The third-order valence-corrected chi connectivity index (χ3v) is 6.79. The molecule has 3 aromatic rings. The zero-order valence-electron chi connectivity index (χ0n) is 20.9. The van der Waals surface area contributed by atoms with E-state index in [4.69, 9.17) is 9.47 Å². The molecule has 3 nitrogen and oxygen atoms in total. The van der Waals surface area contributed by atoms with Crippen molar-refractivity contribution >= 4 is 0 Å². The molecule has 3 heteroatoms. The van der Waals surface area contributed by atoms with Gasteiger partial charge in [0.2, 0.25) is 0 Å². The molecule has 0 atom stereocenters. The van der Waals surface area contributed by atoms with Crippen molar-refractivity contribution in [2.75, 3.05) is 13.2 Å². The van der Waals surface area contributed by atoms with Gasteiger partial charge in [-0.1, -0.05) is 125 Å². The molecule has 0 saturated carbocycles. The van der Waals surface area contributed by atoms with Gasteiger partial charge in [-0.3, -0.25) is 0 Å². The summed E-state index contributed by atoms with van der Waals surface area (Å²) in [5, 5.41) is 0. The van der Waals surface area contributed by atoms with E-state index in [0.29, 0.717) is 13.2 Å². The van der Waals surface area contributed by atoms with E-state index in [2.05, 4.69) is 72.2 Å². The van der Waals surface area contributed by atoms with Gasteiger partial charge in [0.25, 0.3) is 0 Å². The second-order valence-electron chi connectivity index (χ2n) is 9.47. The lowest BCUT2D eigenvalue weighted by Gasteiger charge is -2.15. The summed E-state index contributed by atoms with van der Waals surface area (Å²) in [7, 11) is 0. The van der Waals surface area contributed by atoms with Gasteiger partial charge < -0.3 is 14.0 Å². The summed E-state index contributed by atoms with van der Waals surface area (Å²) in [4.78, 5) is 0. The molecule has 182 valence electrons. The Bertz CT molecular complexity index is 911. The molecule has 2 heterocycles. The summed E-state index contributed by atoms with van der Waals surface area (Å²) in [6.07, 6.45) is 14.3. The van der Waals surface area contributed by atoms with Gasteiger partial charge in [0.1, 0.15) is 0 Å². The lowest BCUT2D eigenvalue weighted by molar-refractivity contribution is 0.294. The Labute approximate surface area is 206 Å². The largest absolute Gasteiger partial charge is 0.487 e. The number of hydrogen-bond donors (Lipinski definition) is 0. The molecule has 0 fully saturated rings. The second kappa shape index (κ2) is 13.3. The number of hydrogen-bond acceptors (Lipinski definition) is 2. The van der Waals surface area contributed by atoms with Crippen molar-refractivity contribution in [3.05, 3.63) is 60.7 Å². The fraction of sp³-hybridized carbons (Fsp3) is 0.484. The number of fused-ring (bicyclic) bond motifs is 1. The average molecular weight is 460 g/mol. The number of ether oxygens (including phenoxy) is 2. The Hall–Kier alpha value is -2.68. The summed E-state index contributed by atoms with van der Waals surface area (Å²) in [6.45, 7) is 4.66. The Morgan fingerprint density at radius 1 is 0.588 bits per heavy atom. The first-order valence-corrected chi connectivity index (χ1v) is 13.5. The molecule has 0 unspecified atom stereocenters. The molecule has 0 radical (unpaired) electrons. The van der Waals surface area contributed by atoms with Gasteiger partial charge in [-0.2, -0.15) is 0 Å². The van der Waals surface area contributed by atoms with Crippen LogP contribution in [0.2, 0.25) is 0 Å². The van der Waals surface area contributed by atoms with Gasteiger partial charge in [-0.25, -0.2) is 0 Å². The highest BCUT2D eigenvalue weighted by atomic mass is 16.5. The van der Waals surface area contributed by atoms with E-state index in [-0.39, 0.29) is 0 Å². The number of rotatable bonds is 13. The minimum absolute atomic E-state index is 0.698. The Balaban J connectivity index is 1.52. The quantitative estimate of drug-likeness (QED) is 0.238. The van der Waals surface area contributed by atoms with Crippen LogP contribution in [0, 0.1) is 0 Å². The SMILES string of the molecule is CCCCCCCCCCCCn1c(-c2ccccc2)c2c(c1-c1ccccc1)OCCCO2. The first-order valence-electron chi connectivity index (χ1n) is 13.5. The summed E-state index contributed by atoms with van der Waals surface area (Å²) < 4.78 is 15.1. The second-order valence-corrected chi connectivity index (χ2v) is 9.47. The van der Waals surface area contributed by atoms with Crippen LogP contribution in [0.15, 0.2) is 60.7 Å². The third-order valence-electron chi connectivity index (χ3n) is 6.79. The predicted octanol–water partition coefficient (Wildman–Crippen LogP) is 8.90. The number of benzene rings is 2. The molecular weight excluding hydrogens is 418 g/mol. The van der Waals surface area contributed by atoms with Crippen LogP contribution in [0.1, 0.15) is 77.6 Å². The molecule has 1 aromatic heterocycles. The Morgan fingerprint density at radius 3 is 1.50 bits per heavy atom. The van der Waals surface area contributed by atoms with Gasteiger partial charge in [-0.15, -0.1) is 0 Å².